The molecule has 1 fully saturated rings. The normalized spacial score (nSPS) is 16.5. The van der Waals surface area contributed by atoms with Gasteiger partial charge in [0, 0.05) is 17.0 Å². The SMILES string of the molecule is Cl.Cl.c1ccc(-c2cc(CCC3CCCCN3)c3ccccc3n2)cc1. The molecule has 4 rings (SSSR count). The number of piperidine rings is 1. The van der Waals surface area contributed by atoms with Crippen LogP contribution in [-0.2, 0) is 6.42 Å². The summed E-state index contributed by atoms with van der Waals surface area (Å²) in [6.45, 7) is 1.18. The molecule has 4 heteroatoms. The van der Waals surface area contributed by atoms with Gasteiger partial charge in [0.15, 0.2) is 0 Å². The van der Waals surface area contributed by atoms with Gasteiger partial charge in [-0.1, -0.05) is 55.0 Å². The van der Waals surface area contributed by atoms with E-state index >= 15 is 0 Å². The van der Waals surface area contributed by atoms with Crippen LogP contribution in [0, 0.1) is 0 Å². The molecule has 1 aliphatic heterocycles. The Hall–Kier alpha value is -1.61. The van der Waals surface area contributed by atoms with Crippen molar-refractivity contribution in [3.8, 4) is 11.3 Å². The number of pyridine rings is 1. The lowest BCUT2D eigenvalue weighted by molar-refractivity contribution is 0.383. The predicted molar refractivity (Wildman–Crippen MR) is 116 cm³/mol. The number of aryl methyl sites for hydroxylation is 1. The molecule has 1 aromatic heterocycles. The average molecular weight is 389 g/mol. The molecule has 0 bridgehead atoms. The topological polar surface area (TPSA) is 24.9 Å². The summed E-state index contributed by atoms with van der Waals surface area (Å²) in [7, 11) is 0. The van der Waals surface area contributed by atoms with E-state index in [1.54, 1.807) is 0 Å². The van der Waals surface area contributed by atoms with Crippen molar-refractivity contribution in [2.45, 2.75) is 38.1 Å². The smallest absolute Gasteiger partial charge is 0.0712 e. The van der Waals surface area contributed by atoms with Gasteiger partial charge in [0.2, 0.25) is 0 Å². The Balaban J connectivity index is 0.00000121. The van der Waals surface area contributed by atoms with Crippen LogP contribution in [0.4, 0.5) is 0 Å². The number of rotatable bonds is 4. The summed E-state index contributed by atoms with van der Waals surface area (Å²) in [4.78, 5) is 4.89. The Morgan fingerprint density at radius 2 is 1.69 bits per heavy atom. The molecule has 1 saturated heterocycles. The van der Waals surface area contributed by atoms with E-state index in [4.69, 9.17) is 4.98 Å². The van der Waals surface area contributed by atoms with Crippen LogP contribution >= 0.6 is 24.8 Å². The highest BCUT2D eigenvalue weighted by Crippen LogP contribution is 2.26. The van der Waals surface area contributed by atoms with Crippen molar-refractivity contribution >= 4 is 35.7 Å². The van der Waals surface area contributed by atoms with Gasteiger partial charge >= 0.3 is 0 Å². The van der Waals surface area contributed by atoms with Gasteiger partial charge in [0.25, 0.3) is 0 Å². The second-order valence-corrected chi connectivity index (χ2v) is 6.74. The van der Waals surface area contributed by atoms with E-state index in [1.165, 1.54) is 48.7 Å². The van der Waals surface area contributed by atoms with Gasteiger partial charge in [-0.2, -0.15) is 0 Å². The summed E-state index contributed by atoms with van der Waals surface area (Å²) >= 11 is 0. The molecule has 26 heavy (non-hydrogen) atoms. The lowest BCUT2D eigenvalue weighted by atomic mass is 9.95. The summed E-state index contributed by atoms with van der Waals surface area (Å²) in [5, 5.41) is 4.97. The number of aromatic nitrogens is 1. The summed E-state index contributed by atoms with van der Waals surface area (Å²) < 4.78 is 0. The fourth-order valence-corrected chi connectivity index (χ4v) is 3.71. The predicted octanol–water partition coefficient (Wildman–Crippen LogP) is 5.82. The summed E-state index contributed by atoms with van der Waals surface area (Å²) in [5.41, 5.74) is 4.80. The van der Waals surface area contributed by atoms with E-state index in [0.717, 1.165) is 17.6 Å². The standard InChI is InChI=1S/C22H24N2.2ClH/c1-2-8-17(9-3-1)22-16-18(13-14-19-10-6-7-15-23-19)20-11-4-5-12-21(20)24-22;;/h1-5,8-9,11-12,16,19,23H,6-7,10,13-15H2;2*1H. The molecule has 1 aliphatic rings. The quantitative estimate of drug-likeness (QED) is 0.608. The minimum Gasteiger partial charge on any atom is -0.314 e. The van der Waals surface area contributed by atoms with Crippen molar-refractivity contribution in [1.29, 1.82) is 0 Å². The zero-order valence-electron chi connectivity index (χ0n) is 14.9. The van der Waals surface area contributed by atoms with Gasteiger partial charge in [-0.3, -0.25) is 0 Å². The number of nitrogens with one attached hydrogen (secondary N) is 1. The van der Waals surface area contributed by atoms with E-state index in [2.05, 4.69) is 66.0 Å². The molecule has 1 atom stereocenters. The minimum absolute atomic E-state index is 0. The lowest BCUT2D eigenvalue weighted by Gasteiger charge is -2.23. The number of fused-ring (bicyclic) bond motifs is 1. The van der Waals surface area contributed by atoms with Crippen molar-refractivity contribution in [3.05, 3.63) is 66.2 Å². The molecule has 3 aromatic rings. The first-order chi connectivity index (χ1) is 11.9. The summed E-state index contributed by atoms with van der Waals surface area (Å²) in [5.74, 6) is 0. The van der Waals surface area contributed by atoms with Crippen LogP contribution < -0.4 is 5.32 Å². The van der Waals surface area contributed by atoms with E-state index in [-0.39, 0.29) is 24.8 Å². The number of halogens is 2. The van der Waals surface area contributed by atoms with Gasteiger partial charge in [0.05, 0.1) is 11.2 Å². The third-order valence-electron chi connectivity index (χ3n) is 5.05. The largest absolute Gasteiger partial charge is 0.314 e. The zero-order valence-corrected chi connectivity index (χ0v) is 16.5. The molecule has 2 nitrogen and oxygen atoms in total. The maximum absolute atomic E-state index is 4.89. The molecule has 0 radical (unpaired) electrons. The number of hydrogen-bond acceptors (Lipinski definition) is 2. The maximum Gasteiger partial charge on any atom is 0.0712 e. The Kier molecular flexibility index (Phi) is 7.89. The van der Waals surface area contributed by atoms with Gasteiger partial charge in [-0.05, 0) is 49.9 Å². The maximum atomic E-state index is 4.89. The third kappa shape index (κ3) is 4.76. The molecule has 1 unspecified atom stereocenters. The van der Waals surface area contributed by atoms with E-state index in [0.29, 0.717) is 6.04 Å². The van der Waals surface area contributed by atoms with Crippen molar-refractivity contribution in [2.24, 2.45) is 0 Å². The summed E-state index contributed by atoms with van der Waals surface area (Å²) in [6.07, 6.45) is 6.33. The number of benzene rings is 2. The van der Waals surface area contributed by atoms with Crippen LogP contribution in [0.5, 0.6) is 0 Å². The molecule has 0 aliphatic carbocycles. The molecular formula is C22H26Cl2N2. The van der Waals surface area contributed by atoms with Crippen LogP contribution in [0.25, 0.3) is 22.2 Å². The number of hydrogen-bond donors (Lipinski definition) is 1. The van der Waals surface area contributed by atoms with Crippen molar-refractivity contribution < 1.29 is 0 Å². The molecule has 0 amide bonds. The first-order valence-corrected chi connectivity index (χ1v) is 9.07. The second kappa shape index (κ2) is 9.91. The van der Waals surface area contributed by atoms with Gasteiger partial charge in [-0.25, -0.2) is 4.98 Å². The fourth-order valence-electron chi connectivity index (χ4n) is 3.71. The minimum atomic E-state index is 0. The van der Waals surface area contributed by atoms with Crippen molar-refractivity contribution in [3.63, 3.8) is 0 Å². The van der Waals surface area contributed by atoms with Crippen LogP contribution in [0.15, 0.2) is 60.7 Å². The molecule has 0 spiro atoms. The van der Waals surface area contributed by atoms with Crippen molar-refractivity contribution in [2.75, 3.05) is 6.54 Å². The molecule has 2 heterocycles. The van der Waals surface area contributed by atoms with Gasteiger partial charge < -0.3 is 5.32 Å². The van der Waals surface area contributed by atoms with Gasteiger partial charge in [0.1, 0.15) is 0 Å². The molecule has 2 aromatic carbocycles. The Morgan fingerprint density at radius 3 is 2.46 bits per heavy atom. The van der Waals surface area contributed by atoms with Gasteiger partial charge in [-0.15, -0.1) is 24.8 Å². The van der Waals surface area contributed by atoms with Crippen LogP contribution in [-0.4, -0.2) is 17.6 Å². The molecule has 1 N–H and O–H groups in total. The highest BCUT2D eigenvalue weighted by atomic mass is 35.5. The van der Waals surface area contributed by atoms with E-state index in [1.807, 2.05) is 0 Å². The Labute approximate surface area is 168 Å². The monoisotopic (exact) mass is 388 g/mol. The third-order valence-corrected chi connectivity index (χ3v) is 5.05. The summed E-state index contributed by atoms with van der Waals surface area (Å²) in [6, 6.07) is 22.0. The molecule has 138 valence electrons. The molecule has 0 saturated carbocycles. The fraction of sp³-hybridized carbons (Fsp3) is 0.318. The number of nitrogens with zero attached hydrogens (tertiary/aromatic N) is 1. The van der Waals surface area contributed by atoms with Crippen LogP contribution in [0.1, 0.15) is 31.2 Å². The van der Waals surface area contributed by atoms with E-state index < -0.39 is 0 Å². The van der Waals surface area contributed by atoms with Crippen LogP contribution in [0.2, 0.25) is 0 Å². The molecular weight excluding hydrogens is 363 g/mol. The Morgan fingerprint density at radius 1 is 0.923 bits per heavy atom. The second-order valence-electron chi connectivity index (χ2n) is 6.74. The van der Waals surface area contributed by atoms with Crippen molar-refractivity contribution in [1.82, 2.24) is 10.3 Å². The first kappa shape index (κ1) is 20.7. The highest BCUT2D eigenvalue weighted by molar-refractivity contribution is 5.86. The highest BCUT2D eigenvalue weighted by Gasteiger charge is 2.14. The zero-order chi connectivity index (χ0) is 16.2. The average Bonchev–Trinajstić information content (AvgIpc) is 2.67. The lowest BCUT2D eigenvalue weighted by Crippen LogP contribution is -2.34. The van der Waals surface area contributed by atoms with E-state index in [9.17, 15) is 0 Å². The number of para-hydroxylation sites is 1. The Bertz CT molecular complexity index is 815. The van der Waals surface area contributed by atoms with Crippen LogP contribution in [0.3, 0.4) is 0 Å². The first-order valence-electron chi connectivity index (χ1n) is 9.07.